The van der Waals surface area contributed by atoms with Gasteiger partial charge in [-0.05, 0) is 45.0 Å². The number of hydrogen-bond donors (Lipinski definition) is 1. The van der Waals surface area contributed by atoms with E-state index >= 15 is 0 Å². The Labute approximate surface area is 202 Å². The van der Waals surface area contributed by atoms with E-state index in [-0.39, 0.29) is 17.7 Å². The van der Waals surface area contributed by atoms with Crippen molar-refractivity contribution in [2.75, 3.05) is 6.61 Å². The number of nitrogens with one attached hydrogen (secondary N) is 1. The normalized spacial score (nSPS) is 21.9. The van der Waals surface area contributed by atoms with Crippen LogP contribution in [0.2, 0.25) is 0 Å². The van der Waals surface area contributed by atoms with E-state index in [1.807, 2.05) is 13.8 Å². The summed E-state index contributed by atoms with van der Waals surface area (Å²) < 4.78 is 26.7. The quantitative estimate of drug-likeness (QED) is 0.541. The fourth-order valence-electron chi connectivity index (χ4n) is 3.58. The molecule has 182 valence electrons. The van der Waals surface area contributed by atoms with Crippen molar-refractivity contribution in [1.29, 1.82) is 0 Å². The van der Waals surface area contributed by atoms with E-state index in [1.165, 1.54) is 13.1 Å². The Morgan fingerprint density at radius 1 is 1.00 bits per heavy atom. The van der Waals surface area contributed by atoms with Gasteiger partial charge >= 0.3 is 17.6 Å². The van der Waals surface area contributed by atoms with Crippen LogP contribution in [-0.2, 0) is 14.2 Å². The number of benzene rings is 2. The summed E-state index contributed by atoms with van der Waals surface area (Å²) in [4.78, 5) is 51.8. The van der Waals surface area contributed by atoms with Crippen LogP contribution in [0.25, 0.3) is 0 Å². The molecule has 2 heterocycles. The standard InChI is InChI=1S/C26H26N2O7/c1-15-4-8-18(9-5-15)24(30)33-14-21-20(35-25(31)19-10-6-16(2)7-11-19)12-22(34-21)28-13-17(3)23(29)27-26(28)32/h4-11,13,20-22H,12,14H2,1-3H3,(H,27,29,32)/t20-,21+,22+/m0/s1/i12D/t12-,20-,21+,22+. The van der Waals surface area contributed by atoms with Gasteiger partial charge in [0, 0.05) is 19.5 Å². The number of carbonyl (C=O) groups excluding carboxylic acids is 2. The van der Waals surface area contributed by atoms with Crippen molar-refractivity contribution in [1.82, 2.24) is 9.55 Å². The Morgan fingerprint density at radius 3 is 2.17 bits per heavy atom. The zero-order valence-electron chi connectivity index (χ0n) is 20.5. The number of ether oxygens (including phenoxy) is 3. The lowest BCUT2D eigenvalue weighted by Gasteiger charge is -2.19. The highest BCUT2D eigenvalue weighted by Gasteiger charge is 2.40. The molecule has 0 aliphatic carbocycles. The Kier molecular flexibility index (Phi) is 6.58. The first-order chi connectivity index (χ1) is 17.1. The molecule has 1 fully saturated rings. The van der Waals surface area contributed by atoms with Gasteiger partial charge in [-0.15, -0.1) is 0 Å². The van der Waals surface area contributed by atoms with Crippen LogP contribution in [0.5, 0.6) is 0 Å². The minimum absolute atomic E-state index is 0.243. The van der Waals surface area contributed by atoms with Crippen molar-refractivity contribution < 1.29 is 25.2 Å². The third-order valence-electron chi connectivity index (χ3n) is 5.65. The topological polar surface area (TPSA) is 117 Å². The molecular weight excluding hydrogens is 452 g/mol. The second-order valence-electron chi connectivity index (χ2n) is 8.44. The molecule has 0 radical (unpaired) electrons. The molecule has 0 saturated carbocycles. The highest BCUT2D eigenvalue weighted by Crippen LogP contribution is 2.31. The van der Waals surface area contributed by atoms with E-state index in [0.717, 1.165) is 15.7 Å². The van der Waals surface area contributed by atoms with Crippen LogP contribution in [0.15, 0.2) is 64.3 Å². The number of H-pyrrole nitrogens is 1. The Morgan fingerprint density at radius 2 is 1.57 bits per heavy atom. The predicted molar refractivity (Wildman–Crippen MR) is 126 cm³/mol. The van der Waals surface area contributed by atoms with Gasteiger partial charge in [0.2, 0.25) is 0 Å². The minimum atomic E-state index is -1.24. The summed E-state index contributed by atoms with van der Waals surface area (Å²) in [5.41, 5.74) is 1.48. The lowest BCUT2D eigenvalue weighted by molar-refractivity contribution is -0.0582. The zero-order valence-corrected chi connectivity index (χ0v) is 19.5. The Bertz CT molecular complexity index is 1380. The molecule has 3 aromatic rings. The van der Waals surface area contributed by atoms with E-state index < -0.39 is 48.0 Å². The lowest BCUT2D eigenvalue weighted by Crippen LogP contribution is -2.33. The molecule has 9 heteroatoms. The molecule has 1 aliphatic heterocycles. The smallest absolute Gasteiger partial charge is 0.338 e. The summed E-state index contributed by atoms with van der Waals surface area (Å²) >= 11 is 0. The number of rotatable bonds is 6. The first-order valence-corrected chi connectivity index (χ1v) is 11.1. The number of aromatic amines is 1. The molecule has 1 N–H and O–H groups in total. The van der Waals surface area contributed by atoms with Gasteiger partial charge in [-0.3, -0.25) is 14.3 Å². The molecule has 0 unspecified atom stereocenters. The molecule has 0 spiro atoms. The molecule has 1 aliphatic rings. The van der Waals surface area contributed by atoms with Crippen LogP contribution in [-0.4, -0.2) is 40.3 Å². The van der Waals surface area contributed by atoms with E-state index in [1.54, 1.807) is 48.5 Å². The summed E-state index contributed by atoms with van der Waals surface area (Å²) in [6.45, 7) is 4.97. The van der Waals surface area contributed by atoms with E-state index in [2.05, 4.69) is 4.98 Å². The number of esters is 2. The average molecular weight is 480 g/mol. The van der Waals surface area contributed by atoms with Gasteiger partial charge in [0.1, 0.15) is 25.0 Å². The van der Waals surface area contributed by atoms with Crippen LogP contribution in [0, 0.1) is 20.8 Å². The van der Waals surface area contributed by atoms with Gasteiger partial charge < -0.3 is 14.2 Å². The fourth-order valence-corrected chi connectivity index (χ4v) is 3.58. The lowest BCUT2D eigenvalue weighted by atomic mass is 10.1. The van der Waals surface area contributed by atoms with Crippen molar-refractivity contribution >= 4 is 11.9 Å². The summed E-state index contributed by atoms with van der Waals surface area (Å²) in [5, 5.41) is 0. The first kappa shape index (κ1) is 22.8. The molecular formula is C26H26N2O7. The first-order valence-electron chi connectivity index (χ1n) is 11.6. The minimum Gasteiger partial charge on any atom is -0.459 e. The van der Waals surface area contributed by atoms with Gasteiger partial charge in [0.05, 0.1) is 11.1 Å². The number of carbonyl (C=O) groups is 2. The highest BCUT2D eigenvalue weighted by atomic mass is 16.6. The van der Waals surface area contributed by atoms with Crippen LogP contribution in [0.1, 0.15) is 51.4 Å². The van der Waals surface area contributed by atoms with Crippen molar-refractivity contribution in [2.45, 2.75) is 45.6 Å². The number of hydrogen-bond acceptors (Lipinski definition) is 7. The van der Waals surface area contributed by atoms with Crippen molar-refractivity contribution in [3.05, 3.63) is 103 Å². The Balaban J connectivity index is 1.58. The van der Waals surface area contributed by atoms with Gasteiger partial charge in [-0.1, -0.05) is 35.4 Å². The zero-order chi connectivity index (χ0) is 26.0. The molecule has 4 atom stereocenters. The maximum atomic E-state index is 12.8. The summed E-state index contributed by atoms with van der Waals surface area (Å²) in [6, 6.07) is 13.5. The van der Waals surface area contributed by atoms with Crippen LogP contribution in [0.3, 0.4) is 0 Å². The summed E-state index contributed by atoms with van der Waals surface area (Å²) in [5.74, 6) is -1.29. The number of nitrogens with zero attached hydrogens (tertiary/aromatic N) is 1. The second kappa shape index (κ2) is 10.1. The van der Waals surface area contributed by atoms with Crippen LogP contribution >= 0.6 is 0 Å². The molecule has 4 rings (SSSR count). The summed E-state index contributed by atoms with van der Waals surface area (Å²) in [7, 11) is 0. The van der Waals surface area contributed by atoms with Gasteiger partial charge in [0.15, 0.2) is 0 Å². The van der Waals surface area contributed by atoms with E-state index in [9.17, 15) is 19.2 Å². The summed E-state index contributed by atoms with van der Waals surface area (Å²) in [6.07, 6.45) is -3.33. The van der Waals surface area contributed by atoms with Gasteiger partial charge in [-0.2, -0.15) is 0 Å². The van der Waals surface area contributed by atoms with Crippen molar-refractivity contribution in [3.8, 4) is 0 Å². The SMILES string of the molecule is [2H][C@H]1[C@H](OC(=O)c2ccc(C)cc2)[C@@H](COC(=O)c2ccc(C)cc2)O[C@H]1n1cc(C)c(=O)[nH]c1=O. The predicted octanol–water partition coefficient (Wildman–Crippen LogP) is 2.83. The molecule has 1 aromatic heterocycles. The maximum absolute atomic E-state index is 12.8. The molecule has 1 saturated heterocycles. The maximum Gasteiger partial charge on any atom is 0.338 e. The number of aromatic nitrogens is 2. The molecule has 35 heavy (non-hydrogen) atoms. The molecule has 0 bridgehead atoms. The van der Waals surface area contributed by atoms with Crippen molar-refractivity contribution in [2.24, 2.45) is 0 Å². The van der Waals surface area contributed by atoms with Crippen molar-refractivity contribution in [3.63, 3.8) is 0 Å². The largest absolute Gasteiger partial charge is 0.459 e. The molecule has 9 nitrogen and oxygen atoms in total. The second-order valence-corrected chi connectivity index (χ2v) is 8.44. The van der Waals surface area contributed by atoms with E-state index in [0.29, 0.717) is 5.56 Å². The van der Waals surface area contributed by atoms with Gasteiger partial charge in [-0.25, -0.2) is 14.4 Å². The average Bonchev–Trinajstić information content (AvgIpc) is 3.15. The molecule has 0 amide bonds. The van der Waals surface area contributed by atoms with Gasteiger partial charge in [0.25, 0.3) is 5.56 Å². The fraction of sp³-hybridized carbons (Fsp3) is 0.308. The van der Waals surface area contributed by atoms with Crippen LogP contribution in [0.4, 0.5) is 0 Å². The Hall–Kier alpha value is -3.98. The van der Waals surface area contributed by atoms with Crippen LogP contribution < -0.4 is 11.2 Å². The molecule has 2 aromatic carbocycles. The number of aryl methyl sites for hydroxylation is 3. The highest BCUT2D eigenvalue weighted by molar-refractivity contribution is 5.90. The third kappa shape index (κ3) is 5.58. The third-order valence-corrected chi connectivity index (χ3v) is 5.65. The van der Waals surface area contributed by atoms with E-state index in [4.69, 9.17) is 15.6 Å². The monoisotopic (exact) mass is 479 g/mol.